The van der Waals surface area contributed by atoms with Crippen molar-refractivity contribution in [2.75, 3.05) is 12.3 Å². The average molecular weight is 224 g/mol. The quantitative estimate of drug-likeness (QED) is 0.569. The van der Waals surface area contributed by atoms with Crippen LogP contribution in [-0.2, 0) is 0 Å². The number of pyridine rings is 1. The fourth-order valence-electron chi connectivity index (χ4n) is 1.45. The van der Waals surface area contributed by atoms with Gasteiger partial charge >= 0.3 is 0 Å². The molecule has 1 heterocycles. The van der Waals surface area contributed by atoms with Gasteiger partial charge in [0.15, 0.2) is 0 Å². The van der Waals surface area contributed by atoms with Crippen LogP contribution < -0.4 is 5.32 Å². The van der Waals surface area contributed by atoms with Crippen LogP contribution in [0.4, 0.5) is 0 Å². The van der Waals surface area contributed by atoms with Gasteiger partial charge < -0.3 is 5.32 Å². The van der Waals surface area contributed by atoms with Gasteiger partial charge in [0.25, 0.3) is 0 Å². The molecule has 1 atom stereocenters. The van der Waals surface area contributed by atoms with Gasteiger partial charge in [0.2, 0.25) is 0 Å². The maximum atomic E-state index is 4.28. The molecular formula is C12H20N2S. The van der Waals surface area contributed by atoms with Gasteiger partial charge in [-0.1, -0.05) is 13.0 Å². The number of rotatable bonds is 7. The topological polar surface area (TPSA) is 24.9 Å². The van der Waals surface area contributed by atoms with E-state index < -0.39 is 0 Å². The lowest BCUT2D eigenvalue weighted by Crippen LogP contribution is -2.25. The molecule has 1 unspecified atom stereocenters. The van der Waals surface area contributed by atoms with Crippen molar-refractivity contribution in [2.24, 2.45) is 0 Å². The molecule has 0 aromatic carbocycles. The third kappa shape index (κ3) is 5.80. The van der Waals surface area contributed by atoms with Crippen molar-refractivity contribution in [1.29, 1.82) is 0 Å². The Morgan fingerprint density at radius 2 is 2.33 bits per heavy atom. The first-order valence-corrected chi connectivity index (χ1v) is 6.58. The van der Waals surface area contributed by atoms with E-state index in [1.54, 1.807) is 0 Å². The first-order chi connectivity index (χ1) is 7.33. The number of aromatic nitrogens is 1. The summed E-state index contributed by atoms with van der Waals surface area (Å²) in [6.07, 6.45) is 4.34. The third-order valence-electron chi connectivity index (χ3n) is 2.22. The Bertz CT molecular complexity index is 251. The molecule has 0 spiro atoms. The number of thioether (sulfide) groups is 1. The summed E-state index contributed by atoms with van der Waals surface area (Å²) in [6, 6.07) is 6.70. The molecule has 0 radical (unpaired) electrons. The van der Waals surface area contributed by atoms with Crippen LogP contribution in [0, 0.1) is 0 Å². The molecule has 15 heavy (non-hydrogen) atoms. The first kappa shape index (κ1) is 12.5. The molecule has 0 saturated carbocycles. The smallest absolute Gasteiger partial charge is 0.0959 e. The largest absolute Gasteiger partial charge is 0.315 e. The van der Waals surface area contributed by atoms with E-state index in [0.29, 0.717) is 6.04 Å². The predicted octanol–water partition coefficient (Wildman–Crippen LogP) is 2.95. The van der Waals surface area contributed by atoms with Crippen molar-refractivity contribution in [3.05, 3.63) is 24.4 Å². The van der Waals surface area contributed by atoms with Gasteiger partial charge in [-0.3, -0.25) is 0 Å². The fourth-order valence-corrected chi connectivity index (χ4v) is 2.28. The van der Waals surface area contributed by atoms with Crippen LogP contribution in [0.3, 0.4) is 0 Å². The Balaban J connectivity index is 2.07. The second-order valence-corrected chi connectivity index (χ2v) is 4.73. The van der Waals surface area contributed by atoms with Crippen molar-refractivity contribution >= 4 is 11.8 Å². The monoisotopic (exact) mass is 224 g/mol. The zero-order valence-corrected chi connectivity index (χ0v) is 10.4. The van der Waals surface area contributed by atoms with E-state index in [1.807, 2.05) is 30.1 Å². The van der Waals surface area contributed by atoms with Crippen LogP contribution in [0.1, 0.15) is 26.7 Å². The highest BCUT2D eigenvalue weighted by atomic mass is 32.2. The molecule has 3 heteroatoms. The average Bonchev–Trinajstić information content (AvgIpc) is 2.26. The highest BCUT2D eigenvalue weighted by molar-refractivity contribution is 7.99. The van der Waals surface area contributed by atoms with Gasteiger partial charge in [-0.15, -0.1) is 11.8 Å². The molecule has 2 nitrogen and oxygen atoms in total. The molecule has 0 amide bonds. The number of hydrogen-bond donors (Lipinski definition) is 1. The zero-order valence-electron chi connectivity index (χ0n) is 9.57. The van der Waals surface area contributed by atoms with Gasteiger partial charge in [0, 0.05) is 12.2 Å². The Morgan fingerprint density at radius 1 is 1.47 bits per heavy atom. The minimum absolute atomic E-state index is 0.638. The Kier molecular flexibility index (Phi) is 6.44. The highest BCUT2D eigenvalue weighted by Gasteiger charge is 1.99. The number of nitrogens with one attached hydrogen (secondary N) is 1. The number of nitrogens with zero attached hydrogens (tertiary/aromatic N) is 1. The Labute approximate surface area is 96.9 Å². The van der Waals surface area contributed by atoms with Gasteiger partial charge in [0.1, 0.15) is 0 Å². The van der Waals surface area contributed by atoms with Crippen molar-refractivity contribution in [2.45, 2.75) is 37.8 Å². The third-order valence-corrected chi connectivity index (χ3v) is 3.25. The van der Waals surface area contributed by atoms with Crippen molar-refractivity contribution < 1.29 is 0 Å². The van der Waals surface area contributed by atoms with Crippen LogP contribution in [0.15, 0.2) is 29.4 Å². The summed E-state index contributed by atoms with van der Waals surface area (Å²) in [5.41, 5.74) is 0. The molecule has 1 N–H and O–H groups in total. The lowest BCUT2D eigenvalue weighted by atomic mass is 10.2. The molecule has 84 valence electrons. The second-order valence-electron chi connectivity index (χ2n) is 3.62. The van der Waals surface area contributed by atoms with E-state index in [2.05, 4.69) is 30.2 Å². The van der Waals surface area contributed by atoms with Gasteiger partial charge in [0.05, 0.1) is 5.03 Å². The van der Waals surface area contributed by atoms with Crippen LogP contribution >= 0.6 is 11.8 Å². The van der Waals surface area contributed by atoms with Crippen molar-refractivity contribution in [1.82, 2.24) is 10.3 Å². The van der Waals surface area contributed by atoms with Gasteiger partial charge in [-0.2, -0.15) is 0 Å². The number of hydrogen-bond acceptors (Lipinski definition) is 3. The molecule has 0 aliphatic rings. The SMILES string of the molecule is CCNC(C)CCCSc1ccccn1. The maximum Gasteiger partial charge on any atom is 0.0959 e. The van der Waals surface area contributed by atoms with E-state index in [0.717, 1.165) is 17.3 Å². The van der Waals surface area contributed by atoms with Crippen LogP contribution in [0.5, 0.6) is 0 Å². The zero-order chi connectivity index (χ0) is 10.9. The Hall–Kier alpha value is -0.540. The van der Waals surface area contributed by atoms with Crippen molar-refractivity contribution in [3.63, 3.8) is 0 Å². The summed E-state index contributed by atoms with van der Waals surface area (Å²) in [4.78, 5) is 4.28. The summed E-state index contributed by atoms with van der Waals surface area (Å²) < 4.78 is 0. The minimum atomic E-state index is 0.638. The summed E-state index contributed by atoms with van der Waals surface area (Å²) in [6.45, 7) is 5.46. The van der Waals surface area contributed by atoms with E-state index >= 15 is 0 Å². The van der Waals surface area contributed by atoms with Gasteiger partial charge in [-0.05, 0) is 44.2 Å². The first-order valence-electron chi connectivity index (χ1n) is 5.60. The van der Waals surface area contributed by atoms with Crippen LogP contribution in [-0.4, -0.2) is 23.3 Å². The summed E-state index contributed by atoms with van der Waals surface area (Å²) >= 11 is 1.84. The van der Waals surface area contributed by atoms with Crippen LogP contribution in [0.2, 0.25) is 0 Å². The standard InChI is InChI=1S/C12H20N2S/c1-3-13-11(2)7-6-10-15-12-8-4-5-9-14-12/h4-5,8-9,11,13H,3,6-7,10H2,1-2H3. The van der Waals surface area contributed by atoms with E-state index in [4.69, 9.17) is 0 Å². The predicted molar refractivity (Wildman–Crippen MR) is 67.3 cm³/mol. The summed E-state index contributed by atoms with van der Waals surface area (Å²) in [5, 5.41) is 4.55. The van der Waals surface area contributed by atoms with Crippen LogP contribution in [0.25, 0.3) is 0 Å². The summed E-state index contributed by atoms with van der Waals surface area (Å²) in [5.74, 6) is 1.16. The molecular weight excluding hydrogens is 204 g/mol. The van der Waals surface area contributed by atoms with E-state index in [9.17, 15) is 0 Å². The molecule has 0 bridgehead atoms. The highest BCUT2D eigenvalue weighted by Crippen LogP contribution is 2.16. The maximum absolute atomic E-state index is 4.28. The molecule has 1 aromatic heterocycles. The lowest BCUT2D eigenvalue weighted by Gasteiger charge is -2.11. The lowest BCUT2D eigenvalue weighted by molar-refractivity contribution is 0.526. The molecule has 1 rings (SSSR count). The normalized spacial score (nSPS) is 12.7. The molecule has 0 aliphatic heterocycles. The molecule has 1 aromatic rings. The van der Waals surface area contributed by atoms with E-state index in [-0.39, 0.29) is 0 Å². The second kappa shape index (κ2) is 7.71. The molecule has 0 aliphatic carbocycles. The molecule has 0 fully saturated rings. The fraction of sp³-hybridized carbons (Fsp3) is 0.583. The van der Waals surface area contributed by atoms with E-state index in [1.165, 1.54) is 12.8 Å². The van der Waals surface area contributed by atoms with Gasteiger partial charge in [-0.25, -0.2) is 4.98 Å². The van der Waals surface area contributed by atoms with Crippen molar-refractivity contribution in [3.8, 4) is 0 Å². The Morgan fingerprint density at radius 3 is 3.00 bits per heavy atom. The molecule has 0 saturated heterocycles. The summed E-state index contributed by atoms with van der Waals surface area (Å²) in [7, 11) is 0. The minimum Gasteiger partial charge on any atom is -0.315 e.